The first-order valence-corrected chi connectivity index (χ1v) is 8.72. The van der Waals surface area contributed by atoms with Crippen molar-refractivity contribution >= 4 is 17.5 Å². The SMILES string of the molecule is Cc1ccc(NC(=O)c2ccccc2)c(=O)n1CC(=O)NCCC(C)C. The summed E-state index contributed by atoms with van der Waals surface area (Å²) in [7, 11) is 0. The highest BCUT2D eigenvalue weighted by molar-refractivity contribution is 6.04. The van der Waals surface area contributed by atoms with E-state index in [1.165, 1.54) is 4.57 Å². The molecule has 0 bridgehead atoms. The molecular weight excluding hydrogens is 330 g/mol. The fourth-order valence-corrected chi connectivity index (χ4v) is 2.45. The van der Waals surface area contributed by atoms with Crippen molar-refractivity contribution in [2.45, 2.75) is 33.7 Å². The number of amides is 2. The first-order chi connectivity index (χ1) is 12.4. The standard InChI is InChI=1S/C20H25N3O3/c1-14(2)11-12-21-18(24)13-23-15(3)9-10-17(20(23)26)22-19(25)16-7-5-4-6-8-16/h4-10,14H,11-13H2,1-3H3,(H,21,24)(H,22,25). The number of anilines is 1. The number of aryl methyl sites for hydroxylation is 1. The van der Waals surface area contributed by atoms with Crippen molar-refractivity contribution in [1.29, 1.82) is 0 Å². The zero-order valence-electron chi connectivity index (χ0n) is 15.4. The van der Waals surface area contributed by atoms with E-state index in [1.807, 2.05) is 6.07 Å². The number of benzene rings is 1. The van der Waals surface area contributed by atoms with Gasteiger partial charge in [-0.25, -0.2) is 0 Å². The lowest BCUT2D eigenvalue weighted by atomic mass is 10.1. The predicted molar refractivity (Wildman–Crippen MR) is 102 cm³/mol. The van der Waals surface area contributed by atoms with E-state index in [-0.39, 0.29) is 24.0 Å². The topological polar surface area (TPSA) is 80.2 Å². The molecule has 0 saturated carbocycles. The second kappa shape index (κ2) is 8.99. The van der Waals surface area contributed by atoms with Crippen LogP contribution in [0.4, 0.5) is 5.69 Å². The Bertz CT molecular complexity index is 826. The predicted octanol–water partition coefficient (Wildman–Crippen LogP) is 2.57. The molecule has 26 heavy (non-hydrogen) atoms. The molecule has 0 aliphatic carbocycles. The molecule has 138 valence electrons. The lowest BCUT2D eigenvalue weighted by Gasteiger charge is -2.13. The average Bonchev–Trinajstić information content (AvgIpc) is 2.61. The summed E-state index contributed by atoms with van der Waals surface area (Å²) in [5.74, 6) is -0.0850. The third kappa shape index (κ3) is 5.31. The van der Waals surface area contributed by atoms with Crippen LogP contribution in [0.3, 0.4) is 0 Å². The molecule has 6 heteroatoms. The summed E-state index contributed by atoms with van der Waals surface area (Å²) in [4.78, 5) is 37.0. The van der Waals surface area contributed by atoms with Gasteiger partial charge in [-0.3, -0.25) is 14.4 Å². The van der Waals surface area contributed by atoms with Crippen molar-refractivity contribution in [3.63, 3.8) is 0 Å². The van der Waals surface area contributed by atoms with Gasteiger partial charge in [-0.1, -0.05) is 32.0 Å². The molecular formula is C20H25N3O3. The van der Waals surface area contributed by atoms with Crippen molar-refractivity contribution in [1.82, 2.24) is 9.88 Å². The van der Waals surface area contributed by atoms with Gasteiger partial charge in [0.1, 0.15) is 12.2 Å². The highest BCUT2D eigenvalue weighted by Crippen LogP contribution is 2.07. The van der Waals surface area contributed by atoms with Crippen LogP contribution in [-0.2, 0) is 11.3 Å². The highest BCUT2D eigenvalue weighted by atomic mass is 16.2. The number of hydrogen-bond donors (Lipinski definition) is 2. The van der Waals surface area contributed by atoms with Gasteiger partial charge in [0, 0.05) is 17.8 Å². The summed E-state index contributed by atoms with van der Waals surface area (Å²) in [6.07, 6.45) is 0.882. The van der Waals surface area contributed by atoms with Gasteiger partial charge in [0.25, 0.3) is 11.5 Å². The zero-order chi connectivity index (χ0) is 19.1. The quantitative estimate of drug-likeness (QED) is 0.801. The van der Waals surface area contributed by atoms with Gasteiger partial charge in [0.05, 0.1) is 0 Å². The molecule has 0 aliphatic heterocycles. The van der Waals surface area contributed by atoms with Crippen LogP contribution < -0.4 is 16.2 Å². The van der Waals surface area contributed by atoms with Gasteiger partial charge in [-0.05, 0) is 43.5 Å². The number of aromatic nitrogens is 1. The third-order valence-corrected chi connectivity index (χ3v) is 4.02. The largest absolute Gasteiger partial charge is 0.355 e. The van der Waals surface area contributed by atoms with Crippen LogP contribution in [0.2, 0.25) is 0 Å². The van der Waals surface area contributed by atoms with Crippen LogP contribution in [0.5, 0.6) is 0 Å². The fraction of sp³-hybridized carbons (Fsp3) is 0.350. The molecule has 0 saturated heterocycles. The van der Waals surface area contributed by atoms with Crippen molar-refractivity contribution in [3.05, 3.63) is 64.1 Å². The van der Waals surface area contributed by atoms with E-state index in [9.17, 15) is 14.4 Å². The number of carbonyl (C=O) groups is 2. The zero-order valence-corrected chi connectivity index (χ0v) is 15.4. The summed E-state index contributed by atoms with van der Waals surface area (Å²) in [6, 6.07) is 11.9. The van der Waals surface area contributed by atoms with E-state index >= 15 is 0 Å². The number of rotatable bonds is 7. The number of pyridine rings is 1. The fourth-order valence-electron chi connectivity index (χ4n) is 2.45. The van der Waals surface area contributed by atoms with Crippen molar-refractivity contribution in [3.8, 4) is 0 Å². The van der Waals surface area contributed by atoms with Crippen LogP contribution in [0, 0.1) is 12.8 Å². The molecule has 0 spiro atoms. The Balaban J connectivity index is 2.11. The van der Waals surface area contributed by atoms with Crippen LogP contribution in [0.1, 0.15) is 36.3 Å². The average molecular weight is 355 g/mol. The summed E-state index contributed by atoms with van der Waals surface area (Å²) in [5, 5.41) is 5.44. The molecule has 1 aromatic carbocycles. The van der Waals surface area contributed by atoms with Crippen molar-refractivity contribution in [2.75, 3.05) is 11.9 Å². The molecule has 2 aromatic rings. The Morgan fingerprint density at radius 3 is 2.42 bits per heavy atom. The third-order valence-electron chi connectivity index (χ3n) is 4.02. The molecule has 0 atom stereocenters. The molecule has 0 fully saturated rings. The van der Waals surface area contributed by atoms with Crippen molar-refractivity contribution in [2.24, 2.45) is 5.92 Å². The molecule has 6 nitrogen and oxygen atoms in total. The second-order valence-electron chi connectivity index (χ2n) is 6.63. The smallest absolute Gasteiger partial charge is 0.274 e. The normalized spacial score (nSPS) is 10.6. The van der Waals surface area contributed by atoms with Crippen LogP contribution in [0.15, 0.2) is 47.3 Å². The Hall–Kier alpha value is -2.89. The molecule has 0 unspecified atom stereocenters. The molecule has 2 rings (SSSR count). The minimum absolute atomic E-state index is 0.0716. The van der Waals surface area contributed by atoms with Gasteiger partial charge in [0.15, 0.2) is 0 Å². The van der Waals surface area contributed by atoms with Crippen LogP contribution in [-0.4, -0.2) is 22.9 Å². The Labute approximate surface area is 153 Å². The summed E-state index contributed by atoms with van der Waals surface area (Å²) in [5.41, 5.74) is 0.880. The maximum absolute atomic E-state index is 12.6. The first-order valence-electron chi connectivity index (χ1n) is 8.72. The minimum Gasteiger partial charge on any atom is -0.355 e. The molecule has 1 aromatic heterocycles. The van der Waals surface area contributed by atoms with Gasteiger partial charge in [0.2, 0.25) is 5.91 Å². The minimum atomic E-state index is -0.395. The number of carbonyl (C=O) groups excluding carboxylic acids is 2. The summed E-state index contributed by atoms with van der Waals surface area (Å²) >= 11 is 0. The summed E-state index contributed by atoms with van der Waals surface area (Å²) < 4.78 is 1.37. The molecule has 2 amide bonds. The van der Waals surface area contributed by atoms with E-state index in [0.717, 1.165) is 6.42 Å². The maximum atomic E-state index is 12.6. The van der Waals surface area contributed by atoms with Crippen LogP contribution in [0.25, 0.3) is 0 Å². The van der Waals surface area contributed by atoms with Gasteiger partial charge in [-0.2, -0.15) is 0 Å². The maximum Gasteiger partial charge on any atom is 0.274 e. The molecule has 2 N–H and O–H groups in total. The van der Waals surface area contributed by atoms with Gasteiger partial charge in [-0.15, -0.1) is 0 Å². The van der Waals surface area contributed by atoms with E-state index in [4.69, 9.17) is 0 Å². The van der Waals surface area contributed by atoms with Gasteiger partial charge >= 0.3 is 0 Å². The van der Waals surface area contributed by atoms with E-state index < -0.39 is 5.56 Å². The Morgan fingerprint density at radius 2 is 1.77 bits per heavy atom. The molecule has 0 radical (unpaired) electrons. The van der Waals surface area contributed by atoms with E-state index in [2.05, 4.69) is 24.5 Å². The number of nitrogens with one attached hydrogen (secondary N) is 2. The molecule has 1 heterocycles. The number of hydrogen-bond acceptors (Lipinski definition) is 3. The second-order valence-corrected chi connectivity index (χ2v) is 6.63. The lowest BCUT2D eigenvalue weighted by molar-refractivity contribution is -0.121. The number of nitrogens with zero attached hydrogens (tertiary/aromatic N) is 1. The Morgan fingerprint density at radius 1 is 1.08 bits per heavy atom. The highest BCUT2D eigenvalue weighted by Gasteiger charge is 2.13. The lowest BCUT2D eigenvalue weighted by Crippen LogP contribution is -2.35. The van der Waals surface area contributed by atoms with E-state index in [1.54, 1.807) is 43.3 Å². The van der Waals surface area contributed by atoms with Crippen LogP contribution >= 0.6 is 0 Å². The molecule has 0 aliphatic rings. The van der Waals surface area contributed by atoms with Gasteiger partial charge < -0.3 is 15.2 Å². The Kier molecular flexibility index (Phi) is 6.72. The first kappa shape index (κ1) is 19.4. The summed E-state index contributed by atoms with van der Waals surface area (Å²) in [6.45, 7) is 6.43. The monoisotopic (exact) mass is 355 g/mol. The van der Waals surface area contributed by atoms with E-state index in [0.29, 0.717) is 23.7 Å². The van der Waals surface area contributed by atoms with Crippen molar-refractivity contribution < 1.29 is 9.59 Å².